The first-order valence-corrected chi connectivity index (χ1v) is 7.45. The molecule has 0 amide bonds. The van der Waals surface area contributed by atoms with Crippen LogP contribution in [0.2, 0.25) is 0 Å². The minimum Gasteiger partial charge on any atom is -0.491 e. The van der Waals surface area contributed by atoms with E-state index in [0.29, 0.717) is 12.3 Å². The largest absolute Gasteiger partial charge is 0.491 e. The number of ether oxygens (including phenoxy) is 1. The van der Waals surface area contributed by atoms with Crippen molar-refractivity contribution in [2.24, 2.45) is 0 Å². The number of hydrogen-bond acceptors (Lipinski definition) is 5. The molecule has 2 aromatic heterocycles. The summed E-state index contributed by atoms with van der Waals surface area (Å²) in [5.74, 6) is -0.0976. The lowest BCUT2D eigenvalue weighted by Crippen LogP contribution is -2.10. The zero-order valence-electron chi connectivity index (χ0n) is 13.2. The molecule has 120 valence electrons. The minimum atomic E-state index is -0.364. The van der Waals surface area contributed by atoms with Crippen molar-refractivity contribution in [3.8, 4) is 5.75 Å². The quantitative estimate of drug-likeness (QED) is 0.783. The molecular weight excluding hydrogens is 297 g/mol. The maximum absolute atomic E-state index is 14.0. The Kier molecular flexibility index (Phi) is 4.10. The van der Waals surface area contributed by atoms with E-state index in [-0.39, 0.29) is 17.6 Å². The van der Waals surface area contributed by atoms with Gasteiger partial charge in [-0.15, -0.1) is 10.2 Å². The van der Waals surface area contributed by atoms with Gasteiger partial charge in [-0.25, -0.2) is 4.39 Å². The van der Waals surface area contributed by atoms with E-state index in [0.717, 1.165) is 16.9 Å². The molecule has 3 aromatic rings. The van der Waals surface area contributed by atoms with Crippen molar-refractivity contribution in [1.29, 1.82) is 0 Å². The minimum absolute atomic E-state index is 0.109. The highest BCUT2D eigenvalue weighted by atomic mass is 19.1. The molecule has 0 fully saturated rings. The van der Waals surface area contributed by atoms with Crippen LogP contribution in [0.5, 0.6) is 5.75 Å². The van der Waals surface area contributed by atoms with E-state index in [1.165, 1.54) is 6.07 Å². The Bertz CT molecular complexity index is 832. The molecule has 7 heteroatoms. The number of nitrogens with one attached hydrogen (secondary N) is 1. The lowest BCUT2D eigenvalue weighted by atomic mass is 10.1. The van der Waals surface area contributed by atoms with Gasteiger partial charge in [-0.2, -0.15) is 9.61 Å². The molecule has 0 saturated carbocycles. The summed E-state index contributed by atoms with van der Waals surface area (Å²) in [7, 11) is 0. The third kappa shape index (κ3) is 3.08. The molecule has 1 aromatic carbocycles. The van der Waals surface area contributed by atoms with E-state index < -0.39 is 0 Å². The van der Waals surface area contributed by atoms with Crippen molar-refractivity contribution in [3.63, 3.8) is 0 Å². The molecule has 1 N–H and O–H groups in total. The number of aromatic nitrogens is 4. The Morgan fingerprint density at radius 1 is 1.35 bits per heavy atom. The van der Waals surface area contributed by atoms with E-state index in [2.05, 4.69) is 20.6 Å². The van der Waals surface area contributed by atoms with Crippen LogP contribution in [-0.4, -0.2) is 26.4 Å². The van der Waals surface area contributed by atoms with Crippen LogP contribution in [0.25, 0.3) is 5.65 Å². The first-order chi connectivity index (χ1) is 11.1. The SMILES string of the molecule is CCOc1ccc(C(C)Nc2cc(C)nn3cnnc23)cc1F. The maximum atomic E-state index is 14.0. The van der Waals surface area contributed by atoms with Gasteiger partial charge in [0.15, 0.2) is 11.6 Å². The number of anilines is 1. The second-order valence-electron chi connectivity index (χ2n) is 5.29. The molecule has 1 unspecified atom stereocenters. The van der Waals surface area contributed by atoms with Crippen molar-refractivity contribution in [2.75, 3.05) is 11.9 Å². The average Bonchev–Trinajstić information content (AvgIpc) is 2.97. The molecule has 2 heterocycles. The van der Waals surface area contributed by atoms with Crippen molar-refractivity contribution < 1.29 is 9.13 Å². The van der Waals surface area contributed by atoms with Gasteiger partial charge in [0, 0.05) is 6.04 Å². The van der Waals surface area contributed by atoms with Crippen LogP contribution in [-0.2, 0) is 0 Å². The van der Waals surface area contributed by atoms with Gasteiger partial charge in [0.25, 0.3) is 0 Å². The second-order valence-corrected chi connectivity index (χ2v) is 5.29. The van der Waals surface area contributed by atoms with E-state index in [1.54, 1.807) is 16.9 Å². The molecular formula is C16H18FN5O. The lowest BCUT2D eigenvalue weighted by Gasteiger charge is -2.17. The number of halogens is 1. The number of benzene rings is 1. The summed E-state index contributed by atoms with van der Waals surface area (Å²) in [6, 6.07) is 6.77. The van der Waals surface area contributed by atoms with Crippen molar-refractivity contribution in [2.45, 2.75) is 26.8 Å². The van der Waals surface area contributed by atoms with Crippen molar-refractivity contribution in [1.82, 2.24) is 19.8 Å². The maximum Gasteiger partial charge on any atom is 0.200 e. The number of aryl methyl sites for hydroxylation is 1. The topological polar surface area (TPSA) is 64.3 Å². The number of fused-ring (bicyclic) bond motifs is 1. The van der Waals surface area contributed by atoms with Crippen LogP contribution in [0.4, 0.5) is 10.1 Å². The molecule has 1 atom stereocenters. The highest BCUT2D eigenvalue weighted by molar-refractivity contribution is 5.67. The van der Waals surface area contributed by atoms with Crippen LogP contribution in [0.1, 0.15) is 31.1 Å². The molecule has 0 spiro atoms. The van der Waals surface area contributed by atoms with Gasteiger partial charge < -0.3 is 10.1 Å². The Morgan fingerprint density at radius 2 is 2.17 bits per heavy atom. The molecule has 0 aliphatic rings. The molecule has 3 rings (SSSR count). The predicted octanol–water partition coefficient (Wildman–Crippen LogP) is 3.14. The lowest BCUT2D eigenvalue weighted by molar-refractivity contribution is 0.321. The van der Waals surface area contributed by atoms with Gasteiger partial charge in [0.2, 0.25) is 5.65 Å². The van der Waals surface area contributed by atoms with Crippen molar-refractivity contribution in [3.05, 3.63) is 47.7 Å². The predicted molar refractivity (Wildman–Crippen MR) is 85.1 cm³/mol. The van der Waals surface area contributed by atoms with Gasteiger partial charge in [0.1, 0.15) is 6.33 Å². The van der Waals surface area contributed by atoms with Crippen LogP contribution < -0.4 is 10.1 Å². The Hall–Kier alpha value is -2.70. The molecule has 0 bridgehead atoms. The zero-order valence-corrected chi connectivity index (χ0v) is 13.2. The smallest absolute Gasteiger partial charge is 0.200 e. The number of nitrogens with zero attached hydrogens (tertiary/aromatic N) is 4. The van der Waals surface area contributed by atoms with Gasteiger partial charge >= 0.3 is 0 Å². The second kappa shape index (κ2) is 6.20. The molecule has 0 saturated heterocycles. The first-order valence-electron chi connectivity index (χ1n) is 7.45. The normalized spacial score (nSPS) is 12.3. The molecule has 6 nitrogen and oxygen atoms in total. The fraction of sp³-hybridized carbons (Fsp3) is 0.312. The highest BCUT2D eigenvalue weighted by Gasteiger charge is 2.13. The zero-order chi connectivity index (χ0) is 16.4. The Balaban J connectivity index is 1.87. The number of rotatable bonds is 5. The van der Waals surface area contributed by atoms with Crippen LogP contribution in [0.15, 0.2) is 30.6 Å². The third-order valence-corrected chi connectivity index (χ3v) is 3.52. The van der Waals surface area contributed by atoms with E-state index in [4.69, 9.17) is 4.74 Å². The summed E-state index contributed by atoms with van der Waals surface area (Å²) >= 11 is 0. The Morgan fingerprint density at radius 3 is 2.91 bits per heavy atom. The first kappa shape index (κ1) is 15.2. The molecule has 23 heavy (non-hydrogen) atoms. The molecule has 0 aliphatic heterocycles. The summed E-state index contributed by atoms with van der Waals surface area (Å²) in [6.45, 7) is 6.11. The average molecular weight is 315 g/mol. The van der Waals surface area contributed by atoms with Crippen LogP contribution in [0.3, 0.4) is 0 Å². The highest BCUT2D eigenvalue weighted by Crippen LogP contribution is 2.26. The molecule has 0 aliphatic carbocycles. The summed E-state index contributed by atoms with van der Waals surface area (Å²) in [5, 5.41) is 15.6. The van der Waals surface area contributed by atoms with Crippen LogP contribution in [0, 0.1) is 12.7 Å². The molecule has 0 radical (unpaired) electrons. The fourth-order valence-electron chi connectivity index (χ4n) is 2.43. The third-order valence-electron chi connectivity index (χ3n) is 3.52. The monoisotopic (exact) mass is 315 g/mol. The summed E-state index contributed by atoms with van der Waals surface area (Å²) in [6.07, 6.45) is 1.55. The van der Waals surface area contributed by atoms with E-state index in [1.807, 2.05) is 32.9 Å². The van der Waals surface area contributed by atoms with E-state index in [9.17, 15) is 4.39 Å². The summed E-state index contributed by atoms with van der Waals surface area (Å²) in [5.41, 5.74) is 3.09. The Labute approximate surface area is 133 Å². The van der Waals surface area contributed by atoms with Gasteiger partial charge in [0.05, 0.1) is 18.0 Å². The van der Waals surface area contributed by atoms with E-state index >= 15 is 0 Å². The van der Waals surface area contributed by atoms with Gasteiger partial charge in [-0.05, 0) is 44.5 Å². The van der Waals surface area contributed by atoms with Gasteiger partial charge in [-0.3, -0.25) is 0 Å². The van der Waals surface area contributed by atoms with Gasteiger partial charge in [-0.1, -0.05) is 6.07 Å². The van der Waals surface area contributed by atoms with Crippen LogP contribution >= 0.6 is 0 Å². The summed E-state index contributed by atoms with van der Waals surface area (Å²) < 4.78 is 20.9. The summed E-state index contributed by atoms with van der Waals surface area (Å²) in [4.78, 5) is 0. The fourth-order valence-corrected chi connectivity index (χ4v) is 2.43. The van der Waals surface area contributed by atoms with Crippen molar-refractivity contribution >= 4 is 11.3 Å². The number of hydrogen-bond donors (Lipinski definition) is 1. The standard InChI is InChI=1S/C16H18FN5O/c1-4-23-15-6-5-12(8-13(15)17)11(3)19-14-7-10(2)21-22-9-18-20-16(14)22/h5-9,11,19H,4H2,1-3H3.